The van der Waals surface area contributed by atoms with Crippen LogP contribution in [0.3, 0.4) is 0 Å². The van der Waals surface area contributed by atoms with Crippen LogP contribution in [0, 0.1) is 11.3 Å². The van der Waals surface area contributed by atoms with Crippen LogP contribution in [-0.4, -0.2) is 39.7 Å². The Kier molecular flexibility index (Phi) is 7.05. The topological polar surface area (TPSA) is 122 Å². The van der Waals surface area contributed by atoms with Crippen LogP contribution in [0.25, 0.3) is 0 Å². The highest BCUT2D eigenvalue weighted by atomic mass is 16.5. The lowest BCUT2D eigenvalue weighted by Gasteiger charge is -2.14. The molecule has 2 rings (SSSR count). The molecule has 0 bridgehead atoms. The summed E-state index contributed by atoms with van der Waals surface area (Å²) in [6.07, 6.45) is 0. The van der Waals surface area contributed by atoms with E-state index in [0.29, 0.717) is 28.5 Å². The molecule has 3 N–H and O–H groups in total. The van der Waals surface area contributed by atoms with Crippen molar-refractivity contribution in [3.8, 4) is 23.3 Å². The molecule has 146 valence electrons. The number of hydrogen-bond donors (Lipinski definition) is 3. The number of ether oxygens (including phenoxy) is 3. The van der Waals surface area contributed by atoms with E-state index in [9.17, 15) is 9.59 Å². The summed E-state index contributed by atoms with van der Waals surface area (Å²) in [5, 5.41) is 11.7. The van der Waals surface area contributed by atoms with Crippen molar-refractivity contribution in [2.24, 2.45) is 0 Å². The SMILES string of the molecule is COc1cc(C(=O)NNC(=O)CNc2cccc(C#N)c2)cc(OC)c1OC. The van der Waals surface area contributed by atoms with Gasteiger partial charge in [0.25, 0.3) is 11.8 Å². The van der Waals surface area contributed by atoms with Gasteiger partial charge in [0.15, 0.2) is 11.5 Å². The number of hydrazine groups is 1. The van der Waals surface area contributed by atoms with Crippen molar-refractivity contribution in [1.82, 2.24) is 10.9 Å². The van der Waals surface area contributed by atoms with Gasteiger partial charge >= 0.3 is 0 Å². The van der Waals surface area contributed by atoms with Crippen LogP contribution in [0.1, 0.15) is 15.9 Å². The molecule has 0 aromatic heterocycles. The smallest absolute Gasteiger partial charge is 0.269 e. The number of anilines is 1. The largest absolute Gasteiger partial charge is 0.493 e. The van der Waals surface area contributed by atoms with Crippen LogP contribution >= 0.6 is 0 Å². The van der Waals surface area contributed by atoms with Gasteiger partial charge in [0.2, 0.25) is 5.75 Å². The van der Waals surface area contributed by atoms with Crippen LogP contribution in [0.15, 0.2) is 36.4 Å². The fourth-order valence-electron chi connectivity index (χ4n) is 2.34. The number of carbonyl (C=O) groups excluding carboxylic acids is 2. The predicted molar refractivity (Wildman–Crippen MR) is 101 cm³/mol. The summed E-state index contributed by atoms with van der Waals surface area (Å²) in [6.45, 7) is -0.0928. The monoisotopic (exact) mass is 384 g/mol. The molecule has 0 aliphatic carbocycles. The van der Waals surface area contributed by atoms with E-state index < -0.39 is 11.8 Å². The Morgan fingerprint density at radius 3 is 2.25 bits per heavy atom. The van der Waals surface area contributed by atoms with Gasteiger partial charge in [-0.05, 0) is 30.3 Å². The second-order valence-electron chi connectivity index (χ2n) is 5.46. The molecule has 0 fully saturated rings. The summed E-state index contributed by atoms with van der Waals surface area (Å²) in [4.78, 5) is 24.2. The van der Waals surface area contributed by atoms with Crippen molar-refractivity contribution in [2.75, 3.05) is 33.2 Å². The zero-order valence-electron chi connectivity index (χ0n) is 15.7. The van der Waals surface area contributed by atoms with Gasteiger partial charge in [-0.15, -0.1) is 0 Å². The highest BCUT2D eigenvalue weighted by Crippen LogP contribution is 2.38. The quantitative estimate of drug-likeness (QED) is 0.618. The minimum Gasteiger partial charge on any atom is -0.493 e. The second kappa shape index (κ2) is 9.68. The van der Waals surface area contributed by atoms with Crippen LogP contribution in [0.2, 0.25) is 0 Å². The summed E-state index contributed by atoms with van der Waals surface area (Å²) in [7, 11) is 4.33. The molecule has 0 unspecified atom stereocenters. The first kappa shape index (κ1) is 20.4. The number of methoxy groups -OCH3 is 3. The Balaban J connectivity index is 1.96. The molecule has 2 amide bonds. The Bertz CT molecular complexity index is 882. The molecular weight excluding hydrogens is 364 g/mol. The molecule has 0 saturated heterocycles. The normalized spacial score (nSPS) is 9.64. The van der Waals surface area contributed by atoms with E-state index in [1.54, 1.807) is 24.3 Å². The minimum absolute atomic E-state index is 0.0928. The van der Waals surface area contributed by atoms with Gasteiger partial charge in [0, 0.05) is 11.3 Å². The van der Waals surface area contributed by atoms with Gasteiger partial charge in [-0.25, -0.2) is 0 Å². The third-order valence-corrected chi connectivity index (χ3v) is 3.69. The molecule has 0 saturated carbocycles. The lowest BCUT2D eigenvalue weighted by molar-refractivity contribution is -0.120. The summed E-state index contributed by atoms with van der Waals surface area (Å²) in [5.74, 6) is -0.0358. The van der Waals surface area contributed by atoms with Gasteiger partial charge in [-0.1, -0.05) is 6.07 Å². The first-order valence-electron chi connectivity index (χ1n) is 8.15. The molecular formula is C19H20N4O5. The standard InChI is InChI=1S/C19H20N4O5/c1-26-15-8-13(9-16(27-2)18(15)28-3)19(25)23-22-17(24)11-21-14-6-4-5-12(7-14)10-20/h4-9,21H,11H2,1-3H3,(H,22,24)(H,23,25). The lowest BCUT2D eigenvalue weighted by atomic mass is 10.1. The maximum atomic E-state index is 12.3. The van der Waals surface area contributed by atoms with E-state index in [1.807, 2.05) is 6.07 Å². The summed E-state index contributed by atoms with van der Waals surface area (Å²) in [6, 6.07) is 11.6. The summed E-state index contributed by atoms with van der Waals surface area (Å²) < 4.78 is 15.6. The van der Waals surface area contributed by atoms with E-state index >= 15 is 0 Å². The fourth-order valence-corrected chi connectivity index (χ4v) is 2.34. The number of hydrogen-bond acceptors (Lipinski definition) is 7. The average Bonchev–Trinajstić information content (AvgIpc) is 2.74. The highest BCUT2D eigenvalue weighted by Gasteiger charge is 2.17. The van der Waals surface area contributed by atoms with Crippen molar-refractivity contribution in [3.05, 3.63) is 47.5 Å². The zero-order valence-corrected chi connectivity index (χ0v) is 15.7. The van der Waals surface area contributed by atoms with E-state index in [0.717, 1.165) is 0 Å². The van der Waals surface area contributed by atoms with Crippen LogP contribution in [0.4, 0.5) is 5.69 Å². The third kappa shape index (κ3) is 5.04. The van der Waals surface area contributed by atoms with Gasteiger partial charge in [-0.3, -0.25) is 20.4 Å². The maximum Gasteiger partial charge on any atom is 0.269 e. The Morgan fingerprint density at radius 1 is 1.00 bits per heavy atom. The van der Waals surface area contributed by atoms with Crippen molar-refractivity contribution in [2.45, 2.75) is 0 Å². The number of carbonyl (C=O) groups is 2. The number of nitriles is 1. The molecule has 0 spiro atoms. The van der Waals surface area contributed by atoms with Gasteiger partial charge < -0.3 is 19.5 Å². The lowest BCUT2D eigenvalue weighted by Crippen LogP contribution is -2.44. The number of nitrogens with one attached hydrogen (secondary N) is 3. The summed E-state index contributed by atoms with van der Waals surface area (Å²) in [5.41, 5.74) is 5.92. The molecule has 0 aliphatic rings. The van der Waals surface area contributed by atoms with E-state index in [2.05, 4.69) is 16.2 Å². The number of rotatable bonds is 7. The Morgan fingerprint density at radius 2 is 1.68 bits per heavy atom. The molecule has 2 aromatic rings. The predicted octanol–water partition coefficient (Wildman–Crippen LogP) is 1.46. The van der Waals surface area contributed by atoms with Gasteiger partial charge in [-0.2, -0.15) is 5.26 Å². The van der Waals surface area contributed by atoms with Crippen molar-refractivity contribution < 1.29 is 23.8 Å². The van der Waals surface area contributed by atoms with Crippen LogP contribution in [-0.2, 0) is 4.79 Å². The second-order valence-corrected chi connectivity index (χ2v) is 5.46. The molecule has 2 aromatic carbocycles. The average molecular weight is 384 g/mol. The van der Waals surface area contributed by atoms with Crippen molar-refractivity contribution >= 4 is 17.5 Å². The van der Waals surface area contributed by atoms with Gasteiger partial charge in [0.1, 0.15) is 0 Å². The first-order chi connectivity index (χ1) is 13.5. The molecule has 28 heavy (non-hydrogen) atoms. The molecule has 0 radical (unpaired) electrons. The van der Waals surface area contributed by atoms with E-state index in [1.165, 1.54) is 33.5 Å². The maximum absolute atomic E-state index is 12.3. The molecule has 0 heterocycles. The summed E-state index contributed by atoms with van der Waals surface area (Å²) >= 11 is 0. The Hall–Kier alpha value is -3.93. The minimum atomic E-state index is -0.556. The fraction of sp³-hybridized carbons (Fsp3) is 0.211. The van der Waals surface area contributed by atoms with Crippen molar-refractivity contribution in [1.29, 1.82) is 5.26 Å². The first-order valence-corrected chi connectivity index (χ1v) is 8.15. The van der Waals surface area contributed by atoms with Gasteiger partial charge in [0.05, 0.1) is 39.5 Å². The molecule has 9 nitrogen and oxygen atoms in total. The molecule has 0 aliphatic heterocycles. The Labute approximate surface area is 162 Å². The van der Waals surface area contributed by atoms with Crippen LogP contribution < -0.4 is 30.4 Å². The molecule has 9 heteroatoms. The number of nitrogens with zero attached hydrogens (tertiary/aromatic N) is 1. The number of amides is 2. The molecule has 0 atom stereocenters. The van der Waals surface area contributed by atoms with E-state index in [-0.39, 0.29) is 12.1 Å². The van der Waals surface area contributed by atoms with E-state index in [4.69, 9.17) is 19.5 Å². The zero-order chi connectivity index (χ0) is 20.5. The van der Waals surface area contributed by atoms with Crippen LogP contribution in [0.5, 0.6) is 17.2 Å². The highest BCUT2D eigenvalue weighted by molar-refractivity contribution is 5.97. The third-order valence-electron chi connectivity index (χ3n) is 3.69. The van der Waals surface area contributed by atoms with Crippen molar-refractivity contribution in [3.63, 3.8) is 0 Å². The number of benzene rings is 2.